The van der Waals surface area contributed by atoms with Gasteiger partial charge in [-0.05, 0) is 28.1 Å². The lowest BCUT2D eigenvalue weighted by Crippen LogP contribution is -2.40. The van der Waals surface area contributed by atoms with E-state index in [9.17, 15) is 4.79 Å². The number of ether oxygens (including phenoxy) is 2. The monoisotopic (exact) mass is 316 g/mol. The average molecular weight is 316 g/mol. The summed E-state index contributed by atoms with van der Waals surface area (Å²) in [6.07, 6.45) is 0. The molecular formula is C14H16N6O3. The van der Waals surface area contributed by atoms with E-state index < -0.39 is 17.9 Å². The molecule has 1 aromatic heterocycles. The van der Waals surface area contributed by atoms with Crippen molar-refractivity contribution in [2.24, 2.45) is 11.7 Å². The van der Waals surface area contributed by atoms with Crippen LogP contribution in [0.1, 0.15) is 11.6 Å². The van der Waals surface area contributed by atoms with Crippen LogP contribution in [0.4, 0.5) is 5.95 Å². The topological polar surface area (TPSA) is 117 Å². The van der Waals surface area contributed by atoms with E-state index in [1.807, 2.05) is 6.07 Å². The van der Waals surface area contributed by atoms with Crippen LogP contribution in [0.2, 0.25) is 0 Å². The molecule has 0 fully saturated rings. The second-order valence-corrected chi connectivity index (χ2v) is 5.04. The lowest BCUT2D eigenvalue weighted by atomic mass is 9.88. The largest absolute Gasteiger partial charge is 0.493 e. The average Bonchev–Trinajstić information content (AvgIpc) is 3.00. The number of carbonyl (C=O) groups excluding carboxylic acids is 1. The third-order valence-corrected chi connectivity index (χ3v) is 3.78. The van der Waals surface area contributed by atoms with Crippen LogP contribution in [0.15, 0.2) is 30.5 Å². The highest BCUT2D eigenvalue weighted by molar-refractivity contribution is 5.82. The number of nitrogens with zero attached hydrogens (tertiary/aromatic N) is 4. The number of carbonyl (C=O) groups is 1. The van der Waals surface area contributed by atoms with E-state index in [0.29, 0.717) is 23.1 Å². The molecule has 0 saturated carbocycles. The van der Waals surface area contributed by atoms with Gasteiger partial charge in [0.25, 0.3) is 0 Å². The zero-order chi connectivity index (χ0) is 16.6. The molecule has 1 amide bonds. The molecule has 2 unspecified atom stereocenters. The summed E-state index contributed by atoms with van der Waals surface area (Å²) >= 11 is 0. The summed E-state index contributed by atoms with van der Waals surface area (Å²) in [7, 11) is 3.09. The minimum absolute atomic E-state index is 0.396. The first-order valence-electron chi connectivity index (χ1n) is 6.81. The van der Waals surface area contributed by atoms with Crippen LogP contribution >= 0.6 is 0 Å². The second kappa shape index (κ2) is 5.59. The van der Waals surface area contributed by atoms with Gasteiger partial charge in [-0.25, -0.2) is 4.68 Å². The van der Waals surface area contributed by atoms with Gasteiger partial charge in [-0.3, -0.25) is 4.79 Å². The smallest absolute Gasteiger partial charge is 0.247 e. The first-order valence-corrected chi connectivity index (χ1v) is 6.81. The first kappa shape index (κ1) is 14.8. The molecule has 1 aromatic carbocycles. The lowest BCUT2D eigenvalue weighted by molar-refractivity contribution is -0.121. The summed E-state index contributed by atoms with van der Waals surface area (Å²) in [5, 5.41) is 14.4. The lowest BCUT2D eigenvalue weighted by Gasteiger charge is -2.32. The maximum absolute atomic E-state index is 11.9. The molecule has 1 aliphatic rings. The van der Waals surface area contributed by atoms with Gasteiger partial charge in [-0.2, -0.15) is 0 Å². The van der Waals surface area contributed by atoms with E-state index in [-0.39, 0.29) is 0 Å². The standard InChI is InChI=1S/C14H16N6O3/c1-7-11(13(15)21)12(20-14(16-7)17-18-19-20)8-4-5-9(22-2)10(6-8)23-3/h4-6,11-12H,1H2,2-3H3,(H2,15,21)(H,16,17,19). The maximum atomic E-state index is 11.9. The number of amides is 1. The summed E-state index contributed by atoms with van der Waals surface area (Å²) in [5.41, 5.74) is 6.76. The fourth-order valence-electron chi connectivity index (χ4n) is 2.71. The third kappa shape index (κ3) is 2.35. The van der Waals surface area contributed by atoms with Crippen LogP contribution in [0.3, 0.4) is 0 Å². The van der Waals surface area contributed by atoms with Gasteiger partial charge in [0, 0.05) is 5.70 Å². The highest BCUT2D eigenvalue weighted by Gasteiger charge is 2.39. The number of nitrogens with two attached hydrogens (primary N) is 1. The molecule has 9 nitrogen and oxygen atoms in total. The number of nitrogens with one attached hydrogen (secondary N) is 1. The third-order valence-electron chi connectivity index (χ3n) is 3.78. The highest BCUT2D eigenvalue weighted by atomic mass is 16.5. The molecule has 2 atom stereocenters. The molecule has 0 saturated heterocycles. The number of aromatic nitrogens is 4. The molecule has 9 heteroatoms. The van der Waals surface area contributed by atoms with Crippen LogP contribution in [0.25, 0.3) is 0 Å². The summed E-state index contributed by atoms with van der Waals surface area (Å²) in [6, 6.07) is 4.81. The van der Waals surface area contributed by atoms with Crippen molar-refractivity contribution >= 4 is 11.9 Å². The number of methoxy groups -OCH3 is 2. The fourth-order valence-corrected chi connectivity index (χ4v) is 2.71. The molecule has 1 aliphatic heterocycles. The molecule has 0 aliphatic carbocycles. The Morgan fingerprint density at radius 1 is 1.35 bits per heavy atom. The van der Waals surface area contributed by atoms with E-state index in [0.717, 1.165) is 5.56 Å². The van der Waals surface area contributed by atoms with Gasteiger partial charge in [-0.1, -0.05) is 17.7 Å². The molecule has 2 heterocycles. The van der Waals surface area contributed by atoms with Gasteiger partial charge < -0.3 is 20.5 Å². The van der Waals surface area contributed by atoms with Crippen LogP contribution in [-0.4, -0.2) is 40.3 Å². The van der Waals surface area contributed by atoms with Crippen LogP contribution in [0, 0.1) is 5.92 Å². The SMILES string of the molecule is C=C1Nc2nnnn2C(c2ccc(OC)c(OC)c2)C1C(N)=O. The van der Waals surface area contributed by atoms with Crippen molar-refractivity contribution in [1.29, 1.82) is 0 Å². The molecule has 120 valence electrons. The Balaban J connectivity index is 2.15. The van der Waals surface area contributed by atoms with Crippen molar-refractivity contribution in [2.75, 3.05) is 19.5 Å². The normalized spacial score (nSPS) is 19.7. The molecule has 0 bridgehead atoms. The number of fused-ring (bicyclic) bond motifs is 1. The summed E-state index contributed by atoms with van der Waals surface area (Å²) in [5.74, 6) is 0.281. The number of tetrazole rings is 1. The molecular weight excluding hydrogens is 300 g/mol. The van der Waals surface area contributed by atoms with E-state index >= 15 is 0 Å². The van der Waals surface area contributed by atoms with Crippen molar-refractivity contribution in [3.05, 3.63) is 36.0 Å². The Labute approximate surface area is 132 Å². The van der Waals surface area contributed by atoms with Gasteiger partial charge >= 0.3 is 0 Å². The minimum Gasteiger partial charge on any atom is -0.493 e. The molecule has 0 spiro atoms. The van der Waals surface area contributed by atoms with Crippen molar-refractivity contribution in [2.45, 2.75) is 6.04 Å². The Kier molecular flexibility index (Phi) is 3.61. The zero-order valence-electron chi connectivity index (χ0n) is 12.7. The van der Waals surface area contributed by atoms with Crippen LogP contribution < -0.4 is 20.5 Å². The molecule has 0 radical (unpaired) electrons. The number of hydrogen-bond donors (Lipinski definition) is 2. The number of anilines is 1. The quantitative estimate of drug-likeness (QED) is 0.834. The van der Waals surface area contributed by atoms with Gasteiger partial charge in [0.05, 0.1) is 20.3 Å². The van der Waals surface area contributed by atoms with Crippen molar-refractivity contribution in [3.8, 4) is 11.5 Å². The number of hydrogen-bond acceptors (Lipinski definition) is 7. The van der Waals surface area contributed by atoms with E-state index in [1.165, 1.54) is 11.8 Å². The number of primary amides is 1. The van der Waals surface area contributed by atoms with E-state index in [2.05, 4.69) is 27.4 Å². The fraction of sp³-hybridized carbons (Fsp3) is 0.286. The number of rotatable bonds is 4. The predicted octanol–water partition coefficient (Wildman–Crippen LogP) is 0.320. The Morgan fingerprint density at radius 2 is 2.09 bits per heavy atom. The van der Waals surface area contributed by atoms with Crippen molar-refractivity contribution in [3.63, 3.8) is 0 Å². The van der Waals surface area contributed by atoms with Crippen molar-refractivity contribution in [1.82, 2.24) is 20.2 Å². The van der Waals surface area contributed by atoms with Crippen molar-refractivity contribution < 1.29 is 14.3 Å². The molecule has 3 N–H and O–H groups in total. The van der Waals surface area contributed by atoms with Gasteiger partial charge in [0.2, 0.25) is 11.9 Å². The van der Waals surface area contributed by atoms with Gasteiger partial charge in [0.1, 0.15) is 5.92 Å². The summed E-state index contributed by atoms with van der Waals surface area (Å²) < 4.78 is 12.1. The maximum Gasteiger partial charge on any atom is 0.247 e. The van der Waals surface area contributed by atoms with E-state index in [1.54, 1.807) is 19.2 Å². The zero-order valence-corrected chi connectivity index (χ0v) is 12.7. The molecule has 3 rings (SSSR count). The van der Waals surface area contributed by atoms with Gasteiger partial charge in [-0.15, -0.1) is 0 Å². The number of benzene rings is 1. The minimum atomic E-state index is -0.705. The first-order chi connectivity index (χ1) is 11.1. The Bertz CT molecular complexity index is 772. The predicted molar refractivity (Wildman–Crippen MR) is 80.9 cm³/mol. The summed E-state index contributed by atoms with van der Waals surface area (Å²) in [4.78, 5) is 11.9. The van der Waals surface area contributed by atoms with Crippen LogP contribution in [-0.2, 0) is 4.79 Å². The molecule has 23 heavy (non-hydrogen) atoms. The summed E-state index contributed by atoms with van der Waals surface area (Å²) in [6.45, 7) is 3.87. The van der Waals surface area contributed by atoms with E-state index in [4.69, 9.17) is 15.2 Å². The van der Waals surface area contributed by atoms with Crippen LogP contribution in [0.5, 0.6) is 11.5 Å². The van der Waals surface area contributed by atoms with Gasteiger partial charge in [0.15, 0.2) is 11.5 Å². The molecule has 2 aromatic rings. The highest BCUT2D eigenvalue weighted by Crippen LogP contribution is 2.39. The second-order valence-electron chi connectivity index (χ2n) is 5.04. The Hall–Kier alpha value is -3.10. The Morgan fingerprint density at radius 3 is 2.74 bits per heavy atom.